The van der Waals surface area contributed by atoms with Gasteiger partial charge in [-0.25, -0.2) is 4.79 Å². The van der Waals surface area contributed by atoms with Gasteiger partial charge in [-0.05, 0) is 26.2 Å². The Hall–Kier alpha value is -1.30. The number of aliphatic carboxylic acids is 1. The largest absolute Gasteiger partial charge is 0.481 e. The molecule has 2 aliphatic carbocycles. The van der Waals surface area contributed by atoms with Gasteiger partial charge < -0.3 is 20.5 Å². The lowest BCUT2D eigenvalue weighted by atomic mass is 9.55. The van der Waals surface area contributed by atoms with Crippen LogP contribution in [-0.4, -0.2) is 42.4 Å². The summed E-state index contributed by atoms with van der Waals surface area (Å²) in [6.45, 7) is 2.88. The zero-order valence-electron chi connectivity index (χ0n) is 12.7. The molecule has 0 aromatic carbocycles. The maximum Gasteiger partial charge on any atom is 0.315 e. The Bertz CT molecular complexity index is 380. The molecule has 6 heteroatoms. The number of urea groups is 1. The SMILES string of the molecule is CCOC1CC(NC(=O)NCCC(=O)O)C12CCCCC2. The van der Waals surface area contributed by atoms with Crippen LogP contribution in [0.3, 0.4) is 0 Å². The van der Waals surface area contributed by atoms with Gasteiger partial charge in [0.25, 0.3) is 0 Å². The third kappa shape index (κ3) is 3.67. The van der Waals surface area contributed by atoms with E-state index in [2.05, 4.69) is 10.6 Å². The van der Waals surface area contributed by atoms with E-state index in [-0.39, 0.29) is 36.6 Å². The van der Waals surface area contributed by atoms with Crippen molar-refractivity contribution in [1.82, 2.24) is 10.6 Å². The van der Waals surface area contributed by atoms with E-state index in [9.17, 15) is 9.59 Å². The Kier molecular flexibility index (Phi) is 5.45. The van der Waals surface area contributed by atoms with E-state index in [1.54, 1.807) is 0 Å². The molecule has 0 bridgehead atoms. The monoisotopic (exact) mass is 298 g/mol. The fourth-order valence-corrected chi connectivity index (χ4v) is 3.76. The van der Waals surface area contributed by atoms with Crippen molar-refractivity contribution in [2.45, 2.75) is 64.0 Å². The zero-order chi connectivity index (χ0) is 15.3. The Labute approximate surface area is 125 Å². The summed E-state index contributed by atoms with van der Waals surface area (Å²) < 4.78 is 5.85. The molecule has 2 rings (SSSR count). The standard InChI is InChI=1S/C15H26N2O4/c1-2-21-12-10-11(15(12)7-4-3-5-8-15)17-14(20)16-9-6-13(18)19/h11-12H,2-10H2,1H3,(H,18,19)(H2,16,17,20). The van der Waals surface area contributed by atoms with Gasteiger partial charge >= 0.3 is 12.0 Å². The number of carbonyl (C=O) groups is 2. The highest BCUT2D eigenvalue weighted by Crippen LogP contribution is 2.53. The molecule has 0 radical (unpaired) electrons. The predicted molar refractivity (Wildman–Crippen MR) is 78.1 cm³/mol. The summed E-state index contributed by atoms with van der Waals surface area (Å²) in [5, 5.41) is 14.2. The number of carboxylic acids is 1. The van der Waals surface area contributed by atoms with E-state index in [0.717, 1.165) is 19.3 Å². The molecule has 6 nitrogen and oxygen atoms in total. The highest BCUT2D eigenvalue weighted by molar-refractivity contribution is 5.75. The van der Waals surface area contributed by atoms with E-state index in [1.807, 2.05) is 6.92 Å². The summed E-state index contributed by atoms with van der Waals surface area (Å²) >= 11 is 0. The molecule has 0 heterocycles. The summed E-state index contributed by atoms with van der Waals surface area (Å²) in [5.41, 5.74) is 0.0956. The zero-order valence-corrected chi connectivity index (χ0v) is 12.7. The Morgan fingerprint density at radius 3 is 2.62 bits per heavy atom. The first-order chi connectivity index (χ1) is 10.1. The van der Waals surface area contributed by atoms with Gasteiger partial charge in [0.2, 0.25) is 0 Å². The molecule has 1 spiro atoms. The third-order valence-electron chi connectivity index (χ3n) is 4.87. The maximum absolute atomic E-state index is 11.9. The van der Waals surface area contributed by atoms with Gasteiger partial charge in [-0.15, -0.1) is 0 Å². The Balaban J connectivity index is 1.84. The van der Waals surface area contributed by atoms with Gasteiger partial charge in [0.15, 0.2) is 0 Å². The van der Waals surface area contributed by atoms with Crippen LogP contribution in [0.5, 0.6) is 0 Å². The number of rotatable bonds is 6. The van der Waals surface area contributed by atoms with Crippen molar-refractivity contribution in [1.29, 1.82) is 0 Å². The van der Waals surface area contributed by atoms with Gasteiger partial charge in [0.05, 0.1) is 12.5 Å². The van der Waals surface area contributed by atoms with Crippen molar-refractivity contribution in [3.8, 4) is 0 Å². The van der Waals surface area contributed by atoms with Crippen molar-refractivity contribution in [3.63, 3.8) is 0 Å². The smallest absolute Gasteiger partial charge is 0.315 e. The molecule has 2 unspecified atom stereocenters. The molecule has 120 valence electrons. The molecule has 0 aromatic rings. The van der Waals surface area contributed by atoms with Gasteiger partial charge in [-0.2, -0.15) is 0 Å². The molecule has 2 atom stereocenters. The molecular weight excluding hydrogens is 272 g/mol. The van der Waals surface area contributed by atoms with Crippen LogP contribution in [0.2, 0.25) is 0 Å². The summed E-state index contributed by atoms with van der Waals surface area (Å²) in [6.07, 6.45) is 6.94. The number of ether oxygens (including phenoxy) is 1. The van der Waals surface area contributed by atoms with Gasteiger partial charge in [-0.3, -0.25) is 4.79 Å². The first-order valence-electron chi connectivity index (χ1n) is 7.96. The average Bonchev–Trinajstić information content (AvgIpc) is 2.46. The van der Waals surface area contributed by atoms with Crippen LogP contribution in [-0.2, 0) is 9.53 Å². The lowest BCUT2D eigenvalue weighted by Gasteiger charge is -2.57. The summed E-state index contributed by atoms with van der Waals surface area (Å²) in [5.74, 6) is -0.904. The van der Waals surface area contributed by atoms with Crippen LogP contribution in [0.4, 0.5) is 4.79 Å². The number of carboxylic acid groups (broad SMARTS) is 1. The third-order valence-corrected chi connectivity index (χ3v) is 4.87. The minimum absolute atomic E-state index is 0.0508. The average molecular weight is 298 g/mol. The topological polar surface area (TPSA) is 87.7 Å². The molecule has 0 aliphatic heterocycles. The number of carbonyl (C=O) groups excluding carboxylic acids is 1. The number of amides is 2. The van der Waals surface area contributed by atoms with Crippen molar-refractivity contribution in [3.05, 3.63) is 0 Å². The van der Waals surface area contributed by atoms with Crippen LogP contribution in [0.25, 0.3) is 0 Å². The molecule has 2 fully saturated rings. The van der Waals surface area contributed by atoms with Crippen LogP contribution >= 0.6 is 0 Å². The molecule has 2 aliphatic rings. The number of hydrogen-bond donors (Lipinski definition) is 3. The molecule has 2 saturated carbocycles. The Morgan fingerprint density at radius 2 is 2.00 bits per heavy atom. The fraction of sp³-hybridized carbons (Fsp3) is 0.867. The second-order valence-corrected chi connectivity index (χ2v) is 6.07. The van der Waals surface area contributed by atoms with E-state index in [4.69, 9.17) is 9.84 Å². The predicted octanol–water partition coefficient (Wildman–Crippen LogP) is 1.89. The first-order valence-corrected chi connectivity index (χ1v) is 7.96. The summed E-state index contributed by atoms with van der Waals surface area (Å²) in [6, 6.07) is -0.111. The van der Waals surface area contributed by atoms with Crippen molar-refractivity contribution in [2.24, 2.45) is 5.41 Å². The van der Waals surface area contributed by atoms with Crippen LogP contribution in [0.15, 0.2) is 0 Å². The van der Waals surface area contributed by atoms with Gasteiger partial charge in [0, 0.05) is 24.6 Å². The molecule has 3 N–H and O–H groups in total. The molecule has 0 saturated heterocycles. The normalized spacial score (nSPS) is 26.9. The van der Waals surface area contributed by atoms with Crippen LogP contribution in [0, 0.1) is 5.41 Å². The summed E-state index contributed by atoms with van der Waals surface area (Å²) in [4.78, 5) is 22.3. The lowest BCUT2D eigenvalue weighted by molar-refractivity contribution is -0.146. The lowest BCUT2D eigenvalue weighted by Crippen LogP contribution is -2.66. The molecular formula is C15H26N2O4. The molecule has 21 heavy (non-hydrogen) atoms. The van der Waals surface area contributed by atoms with Crippen molar-refractivity contribution in [2.75, 3.05) is 13.2 Å². The van der Waals surface area contributed by atoms with E-state index in [0.29, 0.717) is 6.61 Å². The van der Waals surface area contributed by atoms with Gasteiger partial charge in [-0.1, -0.05) is 19.3 Å². The van der Waals surface area contributed by atoms with Crippen molar-refractivity contribution >= 4 is 12.0 Å². The molecule has 2 amide bonds. The second-order valence-electron chi connectivity index (χ2n) is 6.07. The van der Waals surface area contributed by atoms with E-state index < -0.39 is 5.97 Å². The number of hydrogen-bond acceptors (Lipinski definition) is 3. The molecule has 0 aromatic heterocycles. The van der Waals surface area contributed by atoms with Crippen molar-refractivity contribution < 1.29 is 19.4 Å². The van der Waals surface area contributed by atoms with E-state index >= 15 is 0 Å². The minimum Gasteiger partial charge on any atom is -0.481 e. The van der Waals surface area contributed by atoms with E-state index in [1.165, 1.54) is 19.3 Å². The van der Waals surface area contributed by atoms with Crippen LogP contribution < -0.4 is 10.6 Å². The minimum atomic E-state index is -0.904. The fourth-order valence-electron chi connectivity index (χ4n) is 3.76. The second kappa shape index (κ2) is 7.11. The summed E-state index contributed by atoms with van der Waals surface area (Å²) in [7, 11) is 0. The highest BCUT2D eigenvalue weighted by Gasteiger charge is 2.56. The van der Waals surface area contributed by atoms with Crippen LogP contribution in [0.1, 0.15) is 51.9 Å². The highest BCUT2D eigenvalue weighted by atomic mass is 16.5. The maximum atomic E-state index is 11.9. The quantitative estimate of drug-likeness (QED) is 0.699. The van der Waals surface area contributed by atoms with Gasteiger partial charge in [0.1, 0.15) is 0 Å². The first kappa shape index (κ1) is 16.1. The number of nitrogens with one attached hydrogen (secondary N) is 2. The Morgan fingerprint density at radius 1 is 1.29 bits per heavy atom.